The molecule has 1 heterocycles. The molecule has 0 aliphatic rings. The van der Waals surface area contributed by atoms with Crippen LogP contribution in [-0.4, -0.2) is 14.8 Å². The quantitative estimate of drug-likeness (QED) is 0.774. The second-order valence-electron chi connectivity index (χ2n) is 2.97. The minimum atomic E-state index is -0.273. The third-order valence-corrected chi connectivity index (χ3v) is 2.39. The van der Waals surface area contributed by atoms with Gasteiger partial charge in [0.2, 0.25) is 0 Å². The van der Waals surface area contributed by atoms with Gasteiger partial charge in [-0.2, -0.15) is 5.10 Å². The summed E-state index contributed by atoms with van der Waals surface area (Å²) in [6.45, 7) is 1.91. The molecule has 0 unspecified atom stereocenters. The van der Waals surface area contributed by atoms with Crippen LogP contribution in [0.5, 0.6) is 0 Å². The summed E-state index contributed by atoms with van der Waals surface area (Å²) >= 11 is 5.94. The van der Waals surface area contributed by atoms with Crippen molar-refractivity contribution in [1.82, 2.24) is 14.8 Å². The third-order valence-electron chi connectivity index (χ3n) is 1.99. The third kappa shape index (κ3) is 1.44. The van der Waals surface area contributed by atoms with Crippen LogP contribution in [0.4, 0.5) is 0 Å². The fourth-order valence-electron chi connectivity index (χ4n) is 1.16. The van der Waals surface area contributed by atoms with Crippen LogP contribution in [-0.2, 0) is 0 Å². The minimum absolute atomic E-state index is 0.273. The molecule has 0 saturated carbocycles. The van der Waals surface area contributed by atoms with E-state index < -0.39 is 0 Å². The molecule has 0 amide bonds. The summed E-state index contributed by atoms with van der Waals surface area (Å²) in [6, 6.07) is 5.41. The number of rotatable bonds is 1. The Balaban J connectivity index is 2.59. The van der Waals surface area contributed by atoms with E-state index in [0.717, 1.165) is 5.56 Å². The molecule has 2 rings (SSSR count). The highest BCUT2D eigenvalue weighted by Gasteiger charge is 2.02. The van der Waals surface area contributed by atoms with Crippen LogP contribution < -0.4 is 5.69 Å². The number of hydrogen-bond donors (Lipinski definition) is 1. The van der Waals surface area contributed by atoms with Crippen LogP contribution in [0.3, 0.4) is 0 Å². The van der Waals surface area contributed by atoms with Crippen LogP contribution in [0.1, 0.15) is 5.56 Å². The van der Waals surface area contributed by atoms with Crippen molar-refractivity contribution < 1.29 is 0 Å². The smallest absolute Gasteiger partial charge is 0.250 e. The molecule has 1 aromatic carbocycles. The predicted molar refractivity (Wildman–Crippen MR) is 53.9 cm³/mol. The first-order chi connectivity index (χ1) is 6.68. The Morgan fingerprint density at radius 3 is 2.86 bits per heavy atom. The number of aromatic amines is 1. The van der Waals surface area contributed by atoms with Crippen molar-refractivity contribution in [2.75, 3.05) is 0 Å². The van der Waals surface area contributed by atoms with E-state index in [9.17, 15) is 4.79 Å². The van der Waals surface area contributed by atoms with Gasteiger partial charge in [0.15, 0.2) is 0 Å². The molecule has 0 aliphatic carbocycles. The standard InChI is InChI=1S/C9H8ClN3O/c1-6-2-3-7(4-8(6)10)13-5-11-12-9(13)14/h2-5H,1H3,(H,12,14). The fraction of sp³-hybridized carbons (Fsp3) is 0.111. The number of nitrogens with one attached hydrogen (secondary N) is 1. The molecule has 1 aromatic heterocycles. The number of benzene rings is 1. The van der Waals surface area contributed by atoms with E-state index in [0.29, 0.717) is 10.7 Å². The number of aromatic nitrogens is 3. The van der Waals surface area contributed by atoms with Gasteiger partial charge in [0.1, 0.15) is 6.33 Å². The Hall–Kier alpha value is -1.55. The van der Waals surface area contributed by atoms with Crippen LogP contribution in [0.15, 0.2) is 29.3 Å². The van der Waals surface area contributed by atoms with Crippen molar-refractivity contribution in [2.45, 2.75) is 6.92 Å². The molecule has 14 heavy (non-hydrogen) atoms. The molecule has 0 radical (unpaired) electrons. The van der Waals surface area contributed by atoms with Gasteiger partial charge in [-0.3, -0.25) is 0 Å². The van der Waals surface area contributed by atoms with Crippen LogP contribution in [0.2, 0.25) is 5.02 Å². The molecular formula is C9H8ClN3O. The van der Waals surface area contributed by atoms with Crippen LogP contribution >= 0.6 is 11.6 Å². The lowest BCUT2D eigenvalue weighted by Gasteiger charge is -2.02. The lowest BCUT2D eigenvalue weighted by molar-refractivity contribution is 0.982. The molecule has 0 bridgehead atoms. The average Bonchev–Trinajstić information content (AvgIpc) is 2.57. The highest BCUT2D eigenvalue weighted by Crippen LogP contribution is 2.17. The molecule has 0 saturated heterocycles. The first kappa shape index (κ1) is 9.02. The van der Waals surface area contributed by atoms with Gasteiger partial charge in [0.25, 0.3) is 0 Å². The summed E-state index contributed by atoms with van der Waals surface area (Å²) in [5.74, 6) is 0. The Kier molecular flexibility index (Phi) is 2.13. The summed E-state index contributed by atoms with van der Waals surface area (Å²) in [5, 5.41) is 6.58. The van der Waals surface area contributed by atoms with Gasteiger partial charge >= 0.3 is 5.69 Å². The van der Waals surface area contributed by atoms with E-state index in [-0.39, 0.29) is 5.69 Å². The van der Waals surface area contributed by atoms with Gasteiger partial charge in [-0.05, 0) is 24.6 Å². The molecular weight excluding hydrogens is 202 g/mol. The van der Waals surface area contributed by atoms with E-state index >= 15 is 0 Å². The van der Waals surface area contributed by atoms with E-state index in [1.54, 1.807) is 6.07 Å². The zero-order valence-corrected chi connectivity index (χ0v) is 8.25. The van der Waals surface area contributed by atoms with E-state index in [4.69, 9.17) is 11.6 Å². The van der Waals surface area contributed by atoms with E-state index in [1.807, 2.05) is 19.1 Å². The molecule has 0 fully saturated rings. The van der Waals surface area contributed by atoms with Crippen molar-refractivity contribution in [2.24, 2.45) is 0 Å². The van der Waals surface area contributed by atoms with Gasteiger partial charge < -0.3 is 0 Å². The van der Waals surface area contributed by atoms with Gasteiger partial charge in [-0.25, -0.2) is 14.5 Å². The second kappa shape index (κ2) is 3.31. The molecule has 72 valence electrons. The van der Waals surface area contributed by atoms with Gasteiger partial charge in [0.05, 0.1) is 5.69 Å². The van der Waals surface area contributed by atoms with Crippen molar-refractivity contribution in [3.63, 3.8) is 0 Å². The Morgan fingerprint density at radius 2 is 2.29 bits per heavy atom. The molecule has 1 N–H and O–H groups in total. The summed E-state index contributed by atoms with van der Waals surface area (Å²) in [4.78, 5) is 11.2. The van der Waals surface area contributed by atoms with Crippen molar-refractivity contribution >= 4 is 11.6 Å². The number of nitrogens with zero attached hydrogens (tertiary/aromatic N) is 2. The average molecular weight is 210 g/mol. The summed E-state index contributed by atoms with van der Waals surface area (Å²) < 4.78 is 1.39. The van der Waals surface area contributed by atoms with Gasteiger partial charge in [-0.1, -0.05) is 17.7 Å². The van der Waals surface area contributed by atoms with Gasteiger partial charge in [0, 0.05) is 5.02 Å². The topological polar surface area (TPSA) is 50.7 Å². The number of hydrogen-bond acceptors (Lipinski definition) is 2. The summed E-state index contributed by atoms with van der Waals surface area (Å²) in [5.41, 5.74) is 1.41. The first-order valence-electron chi connectivity index (χ1n) is 4.07. The summed E-state index contributed by atoms with van der Waals surface area (Å²) in [6.07, 6.45) is 1.42. The molecule has 0 atom stereocenters. The van der Waals surface area contributed by atoms with Crippen LogP contribution in [0, 0.1) is 6.92 Å². The van der Waals surface area contributed by atoms with Gasteiger partial charge in [-0.15, -0.1) is 0 Å². The Labute approximate surface area is 85.1 Å². The lowest BCUT2D eigenvalue weighted by atomic mass is 10.2. The number of aryl methyl sites for hydroxylation is 1. The number of H-pyrrole nitrogens is 1. The SMILES string of the molecule is Cc1ccc(-n2cn[nH]c2=O)cc1Cl. The van der Waals surface area contributed by atoms with Crippen molar-refractivity contribution in [1.29, 1.82) is 0 Å². The maximum absolute atomic E-state index is 11.2. The van der Waals surface area contributed by atoms with Crippen molar-refractivity contribution in [3.8, 4) is 5.69 Å². The zero-order valence-electron chi connectivity index (χ0n) is 7.49. The number of halogens is 1. The van der Waals surface area contributed by atoms with Crippen molar-refractivity contribution in [3.05, 3.63) is 45.6 Å². The molecule has 4 nitrogen and oxygen atoms in total. The zero-order chi connectivity index (χ0) is 10.1. The highest BCUT2D eigenvalue weighted by atomic mass is 35.5. The van der Waals surface area contributed by atoms with E-state index in [2.05, 4.69) is 10.2 Å². The normalized spacial score (nSPS) is 10.4. The molecule has 0 aliphatic heterocycles. The largest absolute Gasteiger partial charge is 0.347 e. The Morgan fingerprint density at radius 1 is 1.50 bits per heavy atom. The predicted octanol–water partition coefficient (Wildman–Crippen LogP) is 1.52. The monoisotopic (exact) mass is 209 g/mol. The van der Waals surface area contributed by atoms with Crippen LogP contribution in [0.25, 0.3) is 5.69 Å². The highest BCUT2D eigenvalue weighted by molar-refractivity contribution is 6.31. The second-order valence-corrected chi connectivity index (χ2v) is 3.37. The molecule has 5 heteroatoms. The maximum atomic E-state index is 11.2. The fourth-order valence-corrected chi connectivity index (χ4v) is 1.34. The maximum Gasteiger partial charge on any atom is 0.347 e. The van der Waals surface area contributed by atoms with E-state index in [1.165, 1.54) is 10.9 Å². The molecule has 2 aromatic rings. The molecule has 0 spiro atoms. The lowest BCUT2D eigenvalue weighted by Crippen LogP contribution is -2.13. The minimum Gasteiger partial charge on any atom is -0.250 e. The Bertz CT molecular complexity index is 515. The first-order valence-corrected chi connectivity index (χ1v) is 4.45. The summed E-state index contributed by atoms with van der Waals surface area (Å²) in [7, 11) is 0.